The second-order valence-electron chi connectivity index (χ2n) is 4.34. The lowest BCUT2D eigenvalue weighted by atomic mass is 10.3. The van der Waals surface area contributed by atoms with Gasteiger partial charge in [0.2, 0.25) is 0 Å². The third-order valence-electron chi connectivity index (χ3n) is 2.24. The molecule has 0 radical (unpaired) electrons. The molecule has 0 rings (SSSR count). The van der Waals surface area contributed by atoms with E-state index in [1.807, 2.05) is 0 Å². The van der Waals surface area contributed by atoms with Crippen LogP contribution in [0, 0.1) is 0 Å². The van der Waals surface area contributed by atoms with Crippen LogP contribution < -0.4 is 0 Å². The molecule has 0 saturated carbocycles. The highest BCUT2D eigenvalue weighted by Gasteiger charge is 2.81. The minimum Gasteiger partial charge on any atom is -0.281 e. The molecule has 21 heteroatoms. The van der Waals surface area contributed by atoms with E-state index in [2.05, 4.69) is 0 Å². The molecule has 0 spiro atoms. The van der Waals surface area contributed by atoms with Gasteiger partial charge in [0.1, 0.15) is 0 Å². The lowest BCUT2D eigenvalue weighted by Gasteiger charge is -2.34. The van der Waals surface area contributed by atoms with Gasteiger partial charge in [0.05, 0.1) is 0 Å². The molecule has 0 aliphatic heterocycles. The molecular formula is C7HF15O5S. The Balaban J connectivity index is 5.98. The average Bonchev–Trinajstić information content (AvgIpc) is 2.32. The van der Waals surface area contributed by atoms with Crippen molar-refractivity contribution in [1.29, 1.82) is 0 Å². The Kier molecular flexibility index (Phi) is 6.36. The van der Waals surface area contributed by atoms with Crippen LogP contribution in [0.2, 0.25) is 0 Å². The molecule has 0 bridgehead atoms. The summed E-state index contributed by atoms with van der Waals surface area (Å²) in [6.45, 7) is 0. The Labute approximate surface area is 141 Å². The summed E-state index contributed by atoms with van der Waals surface area (Å²) in [5, 5.41) is -7.15. The number of hydrogen-bond acceptors (Lipinski definition) is 4. The first kappa shape index (κ1) is 26.8. The van der Waals surface area contributed by atoms with Crippen LogP contribution in [0.5, 0.6) is 0 Å². The monoisotopic (exact) mass is 482 g/mol. The maximum Gasteiger partial charge on any atom is 0.462 e. The zero-order valence-electron chi connectivity index (χ0n) is 11.7. The molecule has 0 unspecified atom stereocenters. The second kappa shape index (κ2) is 6.65. The fourth-order valence-electron chi connectivity index (χ4n) is 0.879. The molecule has 0 aliphatic rings. The molecule has 0 aliphatic carbocycles. The lowest BCUT2D eigenvalue weighted by molar-refractivity contribution is -0.546. The van der Waals surface area contributed by atoms with Crippen LogP contribution in [-0.2, 0) is 19.6 Å². The maximum atomic E-state index is 12.8. The highest BCUT2D eigenvalue weighted by atomic mass is 32.2. The minimum atomic E-state index is -7.64. The van der Waals surface area contributed by atoms with Gasteiger partial charge in [-0.2, -0.15) is 74.3 Å². The van der Waals surface area contributed by atoms with Crippen molar-refractivity contribution >= 4 is 10.1 Å². The molecule has 0 aromatic rings. The molecule has 28 heavy (non-hydrogen) atoms. The summed E-state index contributed by atoms with van der Waals surface area (Å²) in [4.78, 5) is 0. The molecule has 1 N–H and O–H groups in total. The molecule has 5 nitrogen and oxygen atoms in total. The number of halogens is 15. The Morgan fingerprint density at radius 3 is 1.07 bits per heavy atom. The van der Waals surface area contributed by atoms with Crippen LogP contribution in [0.25, 0.3) is 0 Å². The first-order chi connectivity index (χ1) is 11.7. The molecule has 0 aromatic heterocycles. The lowest BCUT2D eigenvalue weighted by Crippen LogP contribution is -2.61. The van der Waals surface area contributed by atoms with Crippen LogP contribution in [0.1, 0.15) is 0 Å². The zero-order valence-corrected chi connectivity index (χ0v) is 12.5. The topological polar surface area (TPSA) is 72.8 Å². The van der Waals surface area contributed by atoms with Crippen LogP contribution in [0.15, 0.2) is 0 Å². The average molecular weight is 482 g/mol. The van der Waals surface area contributed by atoms with Gasteiger partial charge in [-0.15, -0.1) is 0 Å². The molecule has 0 saturated heterocycles. The van der Waals surface area contributed by atoms with Crippen LogP contribution in [0.4, 0.5) is 65.9 Å². The highest BCUT2D eigenvalue weighted by molar-refractivity contribution is 7.86. The van der Waals surface area contributed by atoms with Crippen LogP contribution in [-0.4, -0.2) is 54.8 Å². The number of hydrogen-bond donors (Lipinski definition) is 1. The molecule has 0 fully saturated rings. The highest BCUT2D eigenvalue weighted by Crippen LogP contribution is 2.53. The second-order valence-corrected chi connectivity index (χ2v) is 5.80. The molecular weight excluding hydrogens is 481 g/mol. The van der Waals surface area contributed by atoms with Crippen molar-refractivity contribution in [3.63, 3.8) is 0 Å². The Morgan fingerprint density at radius 2 is 0.821 bits per heavy atom. The third kappa shape index (κ3) is 4.50. The van der Waals surface area contributed by atoms with E-state index in [1.54, 1.807) is 0 Å². The first-order valence-electron chi connectivity index (χ1n) is 5.37. The van der Waals surface area contributed by atoms with Gasteiger partial charge < -0.3 is 0 Å². The van der Waals surface area contributed by atoms with E-state index >= 15 is 0 Å². The van der Waals surface area contributed by atoms with Gasteiger partial charge in [-0.3, -0.25) is 4.55 Å². The Hall–Kier alpha value is -1.22. The standard InChI is InChI=1S/C7HF15O5S/c8-1(9,2(10,11)12)3(13,14)26-4(15,16)5(17,18)27-6(19,20)7(21,22)28(23,24)25/h(H,23,24,25). The normalized spacial score (nSPS) is 16.4. The summed E-state index contributed by atoms with van der Waals surface area (Å²) in [6.07, 6.45) is -37.6. The smallest absolute Gasteiger partial charge is 0.281 e. The Morgan fingerprint density at radius 1 is 0.536 bits per heavy atom. The molecule has 170 valence electrons. The summed E-state index contributed by atoms with van der Waals surface area (Å²) >= 11 is 0. The van der Waals surface area contributed by atoms with Crippen molar-refractivity contribution in [3.8, 4) is 0 Å². The van der Waals surface area contributed by atoms with Gasteiger partial charge in [-0.1, -0.05) is 0 Å². The maximum absolute atomic E-state index is 12.8. The molecule has 0 heterocycles. The fourth-order valence-corrected chi connectivity index (χ4v) is 1.22. The number of rotatable bonds is 8. The number of alkyl halides is 15. The minimum absolute atomic E-state index is 1.22. The van der Waals surface area contributed by atoms with Gasteiger partial charge in [0, 0.05) is 0 Å². The summed E-state index contributed by atoms with van der Waals surface area (Å²) in [5.41, 5.74) is 0. The van der Waals surface area contributed by atoms with E-state index in [0.29, 0.717) is 0 Å². The summed E-state index contributed by atoms with van der Waals surface area (Å²) in [6, 6.07) is 0. The van der Waals surface area contributed by atoms with E-state index in [9.17, 15) is 74.3 Å². The summed E-state index contributed by atoms with van der Waals surface area (Å²) in [7, 11) is -7.40. The largest absolute Gasteiger partial charge is 0.462 e. The van der Waals surface area contributed by atoms with Crippen molar-refractivity contribution in [2.45, 2.75) is 41.8 Å². The van der Waals surface area contributed by atoms with E-state index < -0.39 is 51.9 Å². The predicted octanol–water partition coefficient (Wildman–Crippen LogP) is 4.07. The van der Waals surface area contributed by atoms with E-state index in [-0.39, 0.29) is 0 Å². The summed E-state index contributed by atoms with van der Waals surface area (Å²) in [5.74, 6) is -7.64. The quantitative estimate of drug-likeness (QED) is 0.418. The number of ether oxygens (including phenoxy) is 2. The molecule has 0 atom stereocenters. The van der Waals surface area contributed by atoms with Gasteiger partial charge in [-0.25, -0.2) is 9.47 Å². The van der Waals surface area contributed by atoms with Gasteiger partial charge in [-0.05, 0) is 0 Å². The van der Waals surface area contributed by atoms with Gasteiger partial charge in [0.25, 0.3) is 0 Å². The van der Waals surface area contributed by atoms with Crippen molar-refractivity contribution in [3.05, 3.63) is 0 Å². The third-order valence-corrected chi connectivity index (χ3v) is 3.12. The zero-order chi connectivity index (χ0) is 23.4. The van der Waals surface area contributed by atoms with Crippen molar-refractivity contribution < 1.29 is 88.3 Å². The van der Waals surface area contributed by atoms with E-state index in [0.717, 1.165) is 0 Å². The molecule has 0 aromatic carbocycles. The summed E-state index contributed by atoms with van der Waals surface area (Å²) < 4.78 is 216. The van der Waals surface area contributed by atoms with Gasteiger partial charge in [0.15, 0.2) is 0 Å². The predicted molar refractivity (Wildman–Crippen MR) is 49.5 cm³/mol. The van der Waals surface area contributed by atoms with Crippen LogP contribution >= 0.6 is 0 Å². The van der Waals surface area contributed by atoms with Crippen LogP contribution in [0.3, 0.4) is 0 Å². The van der Waals surface area contributed by atoms with E-state index in [4.69, 9.17) is 4.55 Å². The van der Waals surface area contributed by atoms with Crippen molar-refractivity contribution in [1.82, 2.24) is 0 Å². The van der Waals surface area contributed by atoms with Crippen molar-refractivity contribution in [2.75, 3.05) is 0 Å². The Bertz CT molecular complexity index is 679. The first-order valence-corrected chi connectivity index (χ1v) is 6.81. The SMILES string of the molecule is O=S(=O)(O)C(F)(F)C(F)(F)OC(F)(F)C(F)(F)OC(F)(F)C(F)(F)C(F)(F)F. The fraction of sp³-hybridized carbons (Fsp3) is 1.00. The van der Waals surface area contributed by atoms with Crippen molar-refractivity contribution in [2.24, 2.45) is 0 Å². The van der Waals surface area contributed by atoms with E-state index in [1.165, 1.54) is 9.47 Å². The molecule has 0 amide bonds. The van der Waals surface area contributed by atoms with Gasteiger partial charge >= 0.3 is 51.9 Å².